The predicted molar refractivity (Wildman–Crippen MR) is 62.6 cm³/mol. The molecule has 0 saturated heterocycles. The molecule has 0 spiro atoms. The Balaban J connectivity index is 2.80. The summed E-state index contributed by atoms with van der Waals surface area (Å²) < 4.78 is 37.1. The Morgan fingerprint density at radius 2 is 1.78 bits per heavy atom. The molecule has 0 fully saturated rings. The van der Waals surface area contributed by atoms with Crippen LogP contribution in [0.4, 0.5) is 13.2 Å². The van der Waals surface area contributed by atoms with E-state index in [0.717, 1.165) is 12.1 Å². The smallest absolute Gasteiger partial charge is 0.298 e. The Morgan fingerprint density at radius 3 is 2.17 bits per heavy atom. The molecule has 1 N–H and O–H groups in total. The second-order valence-corrected chi connectivity index (χ2v) is 4.48. The van der Waals surface area contributed by atoms with Gasteiger partial charge in [0, 0.05) is 0 Å². The molecule has 0 heterocycles. The second kappa shape index (κ2) is 5.87. The van der Waals surface area contributed by atoms with Crippen molar-refractivity contribution in [1.82, 2.24) is 5.32 Å². The third kappa shape index (κ3) is 4.04. The van der Waals surface area contributed by atoms with Gasteiger partial charge in [0.1, 0.15) is 6.04 Å². The van der Waals surface area contributed by atoms with Gasteiger partial charge in [0.15, 0.2) is 0 Å². The first-order valence-electron chi connectivity index (χ1n) is 5.64. The lowest BCUT2D eigenvalue weighted by molar-refractivity contribution is -0.137. The van der Waals surface area contributed by atoms with Gasteiger partial charge < -0.3 is 0 Å². The zero-order valence-electron chi connectivity index (χ0n) is 10.3. The van der Waals surface area contributed by atoms with Crippen LogP contribution in [-0.4, -0.2) is 6.54 Å². The van der Waals surface area contributed by atoms with E-state index in [1.54, 1.807) is 0 Å². The Hall–Kier alpha value is -1.54. The van der Waals surface area contributed by atoms with Gasteiger partial charge in [-0.1, -0.05) is 26.0 Å². The Morgan fingerprint density at radius 1 is 1.22 bits per heavy atom. The molecule has 0 aromatic heterocycles. The molecule has 1 aromatic carbocycles. The van der Waals surface area contributed by atoms with Gasteiger partial charge in [0.2, 0.25) is 0 Å². The minimum atomic E-state index is -4.34. The van der Waals surface area contributed by atoms with Gasteiger partial charge in [-0.05, 0) is 30.2 Å². The molecule has 2 nitrogen and oxygen atoms in total. The first kappa shape index (κ1) is 14.5. The third-order valence-corrected chi connectivity index (χ3v) is 2.43. The summed E-state index contributed by atoms with van der Waals surface area (Å²) in [6.07, 6.45) is -4.34. The molecule has 0 aliphatic carbocycles. The number of nitriles is 1. The highest BCUT2D eigenvalue weighted by atomic mass is 19.4. The van der Waals surface area contributed by atoms with Crippen LogP contribution in [0.3, 0.4) is 0 Å². The van der Waals surface area contributed by atoms with Crippen LogP contribution in [0, 0.1) is 17.2 Å². The molecule has 0 aliphatic rings. The normalized spacial score (nSPS) is 13.4. The number of hydrogen-bond donors (Lipinski definition) is 1. The quantitative estimate of drug-likeness (QED) is 0.894. The van der Waals surface area contributed by atoms with Gasteiger partial charge in [0.05, 0.1) is 11.6 Å². The molecule has 0 aliphatic heterocycles. The number of halogens is 3. The lowest BCUT2D eigenvalue weighted by Gasteiger charge is -2.14. The number of nitrogens with zero attached hydrogens (tertiary/aromatic N) is 1. The van der Waals surface area contributed by atoms with Gasteiger partial charge in [-0.15, -0.1) is 0 Å². The Labute approximate surface area is 104 Å². The van der Waals surface area contributed by atoms with Crippen LogP contribution in [0.5, 0.6) is 0 Å². The molecule has 1 rings (SSSR count). The van der Waals surface area contributed by atoms with E-state index >= 15 is 0 Å². The maximum atomic E-state index is 12.4. The van der Waals surface area contributed by atoms with E-state index in [2.05, 4.69) is 5.32 Å². The van der Waals surface area contributed by atoms with Crippen molar-refractivity contribution in [2.75, 3.05) is 6.54 Å². The SMILES string of the molecule is CC(C)CNC(C#N)c1ccc(C(F)(F)F)cc1. The fraction of sp³-hybridized carbons (Fsp3) is 0.462. The van der Waals surface area contributed by atoms with Crippen molar-refractivity contribution >= 4 is 0 Å². The van der Waals surface area contributed by atoms with Gasteiger partial charge in [-0.2, -0.15) is 18.4 Å². The van der Waals surface area contributed by atoms with Gasteiger partial charge in [-0.25, -0.2) is 0 Å². The summed E-state index contributed by atoms with van der Waals surface area (Å²) >= 11 is 0. The van der Waals surface area contributed by atoms with Gasteiger partial charge in [0.25, 0.3) is 0 Å². The predicted octanol–water partition coefficient (Wildman–Crippen LogP) is 3.52. The maximum absolute atomic E-state index is 12.4. The minimum absolute atomic E-state index is 0.371. The lowest BCUT2D eigenvalue weighted by atomic mass is 10.0. The molecule has 1 aromatic rings. The third-order valence-electron chi connectivity index (χ3n) is 2.43. The fourth-order valence-corrected chi connectivity index (χ4v) is 1.46. The summed E-state index contributed by atoms with van der Waals surface area (Å²) in [7, 11) is 0. The monoisotopic (exact) mass is 256 g/mol. The summed E-state index contributed by atoms with van der Waals surface area (Å²) in [4.78, 5) is 0. The number of rotatable bonds is 4. The molecule has 18 heavy (non-hydrogen) atoms. The van der Waals surface area contributed by atoms with E-state index in [1.165, 1.54) is 12.1 Å². The van der Waals surface area contributed by atoms with Crippen molar-refractivity contribution in [3.8, 4) is 6.07 Å². The van der Waals surface area contributed by atoms with Crippen molar-refractivity contribution in [3.05, 3.63) is 35.4 Å². The molecule has 1 unspecified atom stereocenters. The molecular formula is C13H15F3N2. The molecule has 0 amide bonds. The van der Waals surface area contributed by atoms with Crippen molar-refractivity contribution < 1.29 is 13.2 Å². The lowest BCUT2D eigenvalue weighted by Crippen LogP contribution is -2.24. The van der Waals surface area contributed by atoms with Crippen LogP contribution in [0.25, 0.3) is 0 Å². The van der Waals surface area contributed by atoms with E-state index in [1.807, 2.05) is 19.9 Å². The van der Waals surface area contributed by atoms with Crippen molar-refractivity contribution in [2.45, 2.75) is 26.1 Å². The van der Waals surface area contributed by atoms with Crippen LogP contribution in [-0.2, 0) is 6.18 Å². The Kier molecular flexibility index (Phi) is 4.74. The molecule has 98 valence electrons. The summed E-state index contributed by atoms with van der Waals surface area (Å²) in [5.74, 6) is 0.371. The van der Waals surface area contributed by atoms with Gasteiger partial charge >= 0.3 is 6.18 Å². The summed E-state index contributed by atoms with van der Waals surface area (Å²) in [5.41, 5.74) is -0.155. The number of hydrogen-bond acceptors (Lipinski definition) is 2. The van der Waals surface area contributed by atoms with Crippen LogP contribution >= 0.6 is 0 Å². The topological polar surface area (TPSA) is 35.8 Å². The second-order valence-electron chi connectivity index (χ2n) is 4.48. The number of benzene rings is 1. The van der Waals surface area contributed by atoms with E-state index in [-0.39, 0.29) is 0 Å². The molecule has 1 atom stereocenters. The average Bonchev–Trinajstić information content (AvgIpc) is 2.29. The number of alkyl halides is 3. The van der Waals surface area contributed by atoms with E-state index in [4.69, 9.17) is 5.26 Å². The van der Waals surface area contributed by atoms with E-state index in [0.29, 0.717) is 18.0 Å². The Bertz CT molecular complexity index is 415. The largest absolute Gasteiger partial charge is 0.416 e. The molecular weight excluding hydrogens is 241 g/mol. The zero-order valence-corrected chi connectivity index (χ0v) is 10.3. The average molecular weight is 256 g/mol. The van der Waals surface area contributed by atoms with Gasteiger partial charge in [-0.3, -0.25) is 5.32 Å². The van der Waals surface area contributed by atoms with Crippen LogP contribution in [0.15, 0.2) is 24.3 Å². The highest BCUT2D eigenvalue weighted by Crippen LogP contribution is 2.29. The van der Waals surface area contributed by atoms with Crippen LogP contribution < -0.4 is 5.32 Å². The fourth-order valence-electron chi connectivity index (χ4n) is 1.46. The van der Waals surface area contributed by atoms with E-state index in [9.17, 15) is 13.2 Å². The molecule has 0 bridgehead atoms. The summed E-state index contributed by atoms with van der Waals surface area (Å²) in [6.45, 7) is 4.63. The van der Waals surface area contributed by atoms with Crippen molar-refractivity contribution in [2.24, 2.45) is 5.92 Å². The maximum Gasteiger partial charge on any atom is 0.416 e. The summed E-state index contributed by atoms with van der Waals surface area (Å²) in [5, 5.41) is 12.0. The molecule has 0 saturated carbocycles. The van der Waals surface area contributed by atoms with E-state index < -0.39 is 17.8 Å². The summed E-state index contributed by atoms with van der Waals surface area (Å²) in [6, 6.07) is 6.13. The molecule has 0 radical (unpaired) electrons. The van der Waals surface area contributed by atoms with Crippen LogP contribution in [0.1, 0.15) is 31.0 Å². The first-order valence-corrected chi connectivity index (χ1v) is 5.64. The highest BCUT2D eigenvalue weighted by molar-refractivity contribution is 5.29. The first-order chi connectivity index (χ1) is 8.34. The standard InChI is InChI=1S/C13H15F3N2/c1-9(2)8-18-12(7-17)10-3-5-11(6-4-10)13(14,15)16/h3-6,9,12,18H,8H2,1-2H3. The van der Waals surface area contributed by atoms with Crippen LogP contribution in [0.2, 0.25) is 0 Å². The number of nitrogens with one attached hydrogen (secondary N) is 1. The van der Waals surface area contributed by atoms with Crippen molar-refractivity contribution in [1.29, 1.82) is 5.26 Å². The van der Waals surface area contributed by atoms with Crippen molar-refractivity contribution in [3.63, 3.8) is 0 Å². The highest BCUT2D eigenvalue weighted by Gasteiger charge is 2.30. The minimum Gasteiger partial charge on any atom is -0.298 e. The zero-order chi connectivity index (χ0) is 13.8. The molecule has 5 heteroatoms.